The second-order valence-corrected chi connectivity index (χ2v) is 4.77. The van der Waals surface area contributed by atoms with E-state index in [0.717, 1.165) is 6.42 Å². The van der Waals surface area contributed by atoms with Crippen LogP contribution in [0.25, 0.3) is 0 Å². The molecule has 4 heteroatoms. The smallest absolute Gasteiger partial charge is 0.223 e. The number of ether oxygens (including phenoxy) is 1. The Balaban J connectivity index is 2.46. The number of nitrogens with zero attached hydrogens (tertiary/aromatic N) is 1. The summed E-state index contributed by atoms with van der Waals surface area (Å²) in [7, 11) is 0. The molecule has 0 bridgehead atoms. The minimum absolute atomic E-state index is 0.144. The summed E-state index contributed by atoms with van der Waals surface area (Å²) in [5.74, 6) is 0.542. The van der Waals surface area contributed by atoms with Gasteiger partial charge in [-0.25, -0.2) is 0 Å². The molecule has 1 heterocycles. The van der Waals surface area contributed by atoms with Gasteiger partial charge in [-0.1, -0.05) is 13.3 Å². The van der Waals surface area contributed by atoms with E-state index in [9.17, 15) is 4.79 Å². The van der Waals surface area contributed by atoms with Crippen LogP contribution in [0.4, 0.5) is 0 Å². The number of carbonyl (C=O) groups excluding carboxylic acids is 1. The maximum absolute atomic E-state index is 12.0. The second-order valence-electron chi connectivity index (χ2n) is 4.77. The summed E-state index contributed by atoms with van der Waals surface area (Å²) >= 11 is 0. The first-order valence-corrected chi connectivity index (χ1v) is 6.20. The van der Waals surface area contributed by atoms with Gasteiger partial charge in [-0.2, -0.15) is 0 Å². The fraction of sp³-hybridized carbons (Fsp3) is 0.917. The van der Waals surface area contributed by atoms with Crippen molar-refractivity contribution in [3.05, 3.63) is 0 Å². The molecular weight excluding hydrogens is 204 g/mol. The Labute approximate surface area is 98.1 Å². The molecular formula is C12H24N2O2. The average molecular weight is 228 g/mol. The van der Waals surface area contributed by atoms with Gasteiger partial charge in [0.1, 0.15) is 0 Å². The van der Waals surface area contributed by atoms with Crippen molar-refractivity contribution in [2.75, 3.05) is 19.6 Å². The Kier molecular flexibility index (Phi) is 5.22. The Morgan fingerprint density at radius 2 is 2.00 bits per heavy atom. The van der Waals surface area contributed by atoms with Gasteiger partial charge in [0.15, 0.2) is 0 Å². The highest BCUT2D eigenvalue weighted by molar-refractivity contribution is 5.76. The van der Waals surface area contributed by atoms with Crippen molar-refractivity contribution in [3.8, 4) is 0 Å². The van der Waals surface area contributed by atoms with E-state index in [-0.39, 0.29) is 18.1 Å². The maximum Gasteiger partial charge on any atom is 0.223 e. The number of morpholine rings is 1. The number of hydrogen-bond acceptors (Lipinski definition) is 3. The Morgan fingerprint density at radius 1 is 1.44 bits per heavy atom. The predicted molar refractivity (Wildman–Crippen MR) is 64.0 cm³/mol. The standard InChI is InChI=1S/C12H24N2O2/c1-4-11(6-13)5-12(15)14-7-9(2)16-10(3)8-14/h9-11H,4-8,13H2,1-3H3/t9-,10+,11?. The molecule has 0 spiro atoms. The van der Waals surface area contributed by atoms with Gasteiger partial charge >= 0.3 is 0 Å². The summed E-state index contributed by atoms with van der Waals surface area (Å²) in [5.41, 5.74) is 5.62. The van der Waals surface area contributed by atoms with E-state index in [0.29, 0.717) is 32.0 Å². The molecule has 94 valence electrons. The second kappa shape index (κ2) is 6.21. The third-order valence-corrected chi connectivity index (χ3v) is 3.15. The van der Waals surface area contributed by atoms with Crippen LogP contribution in [0.1, 0.15) is 33.6 Å². The lowest BCUT2D eigenvalue weighted by atomic mass is 10.0. The van der Waals surface area contributed by atoms with Crippen molar-refractivity contribution in [2.45, 2.75) is 45.8 Å². The molecule has 1 rings (SSSR count). The third-order valence-electron chi connectivity index (χ3n) is 3.15. The van der Waals surface area contributed by atoms with E-state index in [4.69, 9.17) is 10.5 Å². The van der Waals surface area contributed by atoms with Gasteiger partial charge in [-0.05, 0) is 26.3 Å². The Hall–Kier alpha value is -0.610. The van der Waals surface area contributed by atoms with Crippen LogP contribution in [0.15, 0.2) is 0 Å². The van der Waals surface area contributed by atoms with Crippen LogP contribution < -0.4 is 5.73 Å². The third kappa shape index (κ3) is 3.76. The summed E-state index contributed by atoms with van der Waals surface area (Å²) in [5, 5.41) is 0. The van der Waals surface area contributed by atoms with E-state index >= 15 is 0 Å². The Morgan fingerprint density at radius 3 is 2.44 bits per heavy atom. The van der Waals surface area contributed by atoms with E-state index in [1.165, 1.54) is 0 Å². The molecule has 16 heavy (non-hydrogen) atoms. The molecule has 1 saturated heterocycles. The molecule has 0 aromatic heterocycles. The molecule has 0 aliphatic carbocycles. The molecule has 1 fully saturated rings. The van der Waals surface area contributed by atoms with Crippen molar-refractivity contribution in [1.82, 2.24) is 4.90 Å². The molecule has 1 amide bonds. The molecule has 0 aromatic carbocycles. The Bertz CT molecular complexity index is 219. The molecule has 3 atom stereocenters. The van der Waals surface area contributed by atoms with Crippen LogP contribution in [0, 0.1) is 5.92 Å². The van der Waals surface area contributed by atoms with Gasteiger partial charge in [0.25, 0.3) is 0 Å². The zero-order chi connectivity index (χ0) is 12.1. The molecule has 0 radical (unpaired) electrons. The van der Waals surface area contributed by atoms with E-state index in [2.05, 4.69) is 6.92 Å². The summed E-state index contributed by atoms with van der Waals surface area (Å²) in [4.78, 5) is 13.9. The maximum atomic E-state index is 12.0. The fourth-order valence-electron chi connectivity index (χ4n) is 2.15. The number of nitrogens with two attached hydrogens (primary N) is 1. The molecule has 1 unspecified atom stereocenters. The highest BCUT2D eigenvalue weighted by Crippen LogP contribution is 2.15. The van der Waals surface area contributed by atoms with Gasteiger partial charge < -0.3 is 15.4 Å². The van der Waals surface area contributed by atoms with E-state index < -0.39 is 0 Å². The van der Waals surface area contributed by atoms with Crippen molar-refractivity contribution >= 4 is 5.91 Å². The van der Waals surface area contributed by atoms with Gasteiger partial charge in [0.2, 0.25) is 5.91 Å². The molecule has 2 N–H and O–H groups in total. The lowest BCUT2D eigenvalue weighted by molar-refractivity contribution is -0.144. The molecule has 4 nitrogen and oxygen atoms in total. The lowest BCUT2D eigenvalue weighted by Crippen LogP contribution is -2.48. The van der Waals surface area contributed by atoms with Crippen molar-refractivity contribution < 1.29 is 9.53 Å². The molecule has 1 aliphatic heterocycles. The minimum Gasteiger partial charge on any atom is -0.372 e. The quantitative estimate of drug-likeness (QED) is 0.781. The highest BCUT2D eigenvalue weighted by Gasteiger charge is 2.26. The summed E-state index contributed by atoms with van der Waals surface area (Å²) in [6, 6.07) is 0. The van der Waals surface area contributed by atoms with Gasteiger partial charge in [0.05, 0.1) is 12.2 Å². The fourth-order valence-corrected chi connectivity index (χ4v) is 2.15. The SMILES string of the molecule is CCC(CN)CC(=O)N1C[C@@H](C)O[C@@H](C)C1. The van der Waals surface area contributed by atoms with Crippen molar-refractivity contribution in [2.24, 2.45) is 11.7 Å². The van der Waals surface area contributed by atoms with E-state index in [1.807, 2.05) is 18.7 Å². The van der Waals surface area contributed by atoms with E-state index in [1.54, 1.807) is 0 Å². The largest absolute Gasteiger partial charge is 0.372 e. The van der Waals surface area contributed by atoms with Crippen LogP contribution >= 0.6 is 0 Å². The van der Waals surface area contributed by atoms with Crippen LogP contribution in [0.3, 0.4) is 0 Å². The van der Waals surface area contributed by atoms with Crippen LogP contribution in [-0.4, -0.2) is 42.6 Å². The number of carbonyl (C=O) groups is 1. The first-order chi connectivity index (χ1) is 7.56. The number of hydrogen-bond donors (Lipinski definition) is 1. The van der Waals surface area contributed by atoms with Crippen LogP contribution in [0.5, 0.6) is 0 Å². The van der Waals surface area contributed by atoms with Crippen molar-refractivity contribution in [1.29, 1.82) is 0 Å². The summed E-state index contributed by atoms with van der Waals surface area (Å²) in [6.45, 7) is 8.12. The molecule has 1 aliphatic rings. The monoisotopic (exact) mass is 228 g/mol. The zero-order valence-corrected chi connectivity index (χ0v) is 10.6. The van der Waals surface area contributed by atoms with Gasteiger partial charge in [0, 0.05) is 19.5 Å². The molecule has 0 aromatic rings. The first-order valence-electron chi connectivity index (χ1n) is 6.20. The van der Waals surface area contributed by atoms with Gasteiger partial charge in [-0.15, -0.1) is 0 Å². The lowest BCUT2D eigenvalue weighted by Gasteiger charge is -2.36. The number of amides is 1. The average Bonchev–Trinajstić information content (AvgIpc) is 2.24. The summed E-state index contributed by atoms with van der Waals surface area (Å²) < 4.78 is 5.61. The topological polar surface area (TPSA) is 55.6 Å². The van der Waals surface area contributed by atoms with Crippen molar-refractivity contribution in [3.63, 3.8) is 0 Å². The van der Waals surface area contributed by atoms with Gasteiger partial charge in [-0.3, -0.25) is 4.79 Å². The summed E-state index contributed by atoms with van der Waals surface area (Å²) in [6.07, 6.45) is 1.83. The zero-order valence-electron chi connectivity index (χ0n) is 10.6. The van der Waals surface area contributed by atoms with Crippen LogP contribution in [-0.2, 0) is 9.53 Å². The normalized spacial score (nSPS) is 27.9. The minimum atomic E-state index is 0.144. The van der Waals surface area contributed by atoms with Crippen LogP contribution in [0.2, 0.25) is 0 Å². The highest BCUT2D eigenvalue weighted by atomic mass is 16.5. The first kappa shape index (κ1) is 13.5. The number of rotatable bonds is 4. The molecule has 0 saturated carbocycles. The predicted octanol–water partition coefficient (Wildman–Crippen LogP) is 0.997.